The molecule has 2 amide bonds. The minimum Gasteiger partial charge on any atom is -0.345 e. The van der Waals surface area contributed by atoms with E-state index in [1.165, 1.54) is 4.68 Å². The quantitative estimate of drug-likeness (QED) is 0.389. The Morgan fingerprint density at radius 2 is 2.05 bits per heavy atom. The third-order valence-corrected chi connectivity index (χ3v) is 7.88. The van der Waals surface area contributed by atoms with Crippen molar-refractivity contribution in [2.24, 2.45) is 0 Å². The van der Waals surface area contributed by atoms with Crippen LogP contribution in [0.25, 0.3) is 22.3 Å². The number of hydrogen-bond acceptors (Lipinski definition) is 4. The molecule has 1 fully saturated rings. The molecule has 1 saturated heterocycles. The van der Waals surface area contributed by atoms with Gasteiger partial charge in [-0.05, 0) is 57.4 Å². The molecule has 2 aliphatic heterocycles. The van der Waals surface area contributed by atoms with Crippen LogP contribution in [0.4, 0.5) is 18.0 Å². The highest BCUT2D eigenvalue weighted by Gasteiger charge is 2.54. The molecule has 6 heterocycles. The number of halogens is 3. The first-order valence-electron chi connectivity index (χ1n) is 12.8. The Morgan fingerprint density at radius 1 is 1.26 bits per heavy atom. The second kappa shape index (κ2) is 8.60. The number of rotatable bonds is 4. The number of hydrogen-bond donors (Lipinski definition) is 2. The maximum atomic E-state index is 13.6. The molecule has 2 unspecified atom stereocenters. The van der Waals surface area contributed by atoms with Gasteiger partial charge in [-0.1, -0.05) is 0 Å². The SMILES string of the molecule is CCNC(=O)N1CCC2(CCn3nccc32)C1c1cnc2[nH]cc(-c3cc(C(F)(F)F)nn3C(C)C)c2c1. The standard InChI is InChI=1S/C26H29F3N8O/c1-4-30-24(38)35-9-6-25(7-10-36-21(25)5-8-33-36)22(35)16-11-17-18(14-32-23(17)31-13-16)19-12-20(26(27,28)29)34-37(19)15(2)3/h5,8,11-15,22H,4,6-7,9-10H2,1-3H3,(H,30,38)(H,31,32). The first-order valence-corrected chi connectivity index (χ1v) is 12.8. The maximum Gasteiger partial charge on any atom is 0.435 e. The van der Waals surface area contributed by atoms with E-state index in [0.717, 1.165) is 36.7 Å². The lowest BCUT2D eigenvalue weighted by Gasteiger charge is -2.35. The molecular formula is C26H29F3N8O. The van der Waals surface area contributed by atoms with Gasteiger partial charge in [0.05, 0.1) is 11.7 Å². The Labute approximate surface area is 217 Å². The monoisotopic (exact) mass is 526 g/mol. The zero-order chi connectivity index (χ0) is 26.8. The molecule has 6 rings (SSSR count). The van der Waals surface area contributed by atoms with Crippen LogP contribution in [0.15, 0.2) is 36.8 Å². The van der Waals surface area contributed by atoms with E-state index in [-0.39, 0.29) is 23.5 Å². The zero-order valence-electron chi connectivity index (χ0n) is 21.4. The van der Waals surface area contributed by atoms with Gasteiger partial charge in [-0.25, -0.2) is 9.78 Å². The Morgan fingerprint density at radius 3 is 2.79 bits per heavy atom. The van der Waals surface area contributed by atoms with Crippen LogP contribution < -0.4 is 5.32 Å². The zero-order valence-corrected chi connectivity index (χ0v) is 21.4. The number of likely N-dealkylation sites (tertiary alicyclic amines) is 1. The van der Waals surface area contributed by atoms with Gasteiger partial charge in [-0.2, -0.15) is 23.4 Å². The van der Waals surface area contributed by atoms with Crippen LogP contribution in [0.1, 0.15) is 62.6 Å². The van der Waals surface area contributed by atoms with Crippen LogP contribution >= 0.6 is 0 Å². The lowest BCUT2D eigenvalue weighted by Crippen LogP contribution is -2.42. The molecule has 2 N–H and O–H groups in total. The number of aromatic nitrogens is 6. The Kier molecular flexibility index (Phi) is 5.55. The molecule has 2 atom stereocenters. The molecular weight excluding hydrogens is 497 g/mol. The van der Waals surface area contributed by atoms with E-state index in [0.29, 0.717) is 35.4 Å². The molecule has 0 radical (unpaired) electrons. The summed E-state index contributed by atoms with van der Waals surface area (Å²) >= 11 is 0. The highest BCUT2D eigenvalue weighted by molar-refractivity contribution is 5.93. The number of aromatic amines is 1. The number of pyridine rings is 1. The summed E-state index contributed by atoms with van der Waals surface area (Å²) in [6, 6.07) is 4.34. The van der Waals surface area contributed by atoms with Crippen molar-refractivity contribution in [3.63, 3.8) is 0 Å². The number of nitrogens with zero attached hydrogens (tertiary/aromatic N) is 6. The number of carbonyl (C=O) groups excluding carboxylic acids is 1. The minimum absolute atomic E-state index is 0.144. The molecule has 0 aliphatic carbocycles. The highest BCUT2D eigenvalue weighted by atomic mass is 19.4. The number of alkyl halides is 3. The normalized spacial score (nSPS) is 21.2. The van der Waals surface area contributed by atoms with Gasteiger partial charge in [0, 0.05) is 66.3 Å². The highest BCUT2D eigenvalue weighted by Crippen LogP contribution is 2.54. The van der Waals surface area contributed by atoms with Crippen molar-refractivity contribution in [2.45, 2.75) is 63.8 Å². The summed E-state index contributed by atoms with van der Waals surface area (Å²) in [7, 11) is 0. The van der Waals surface area contributed by atoms with Gasteiger partial charge < -0.3 is 15.2 Å². The van der Waals surface area contributed by atoms with Gasteiger partial charge in [-0.3, -0.25) is 9.36 Å². The smallest absolute Gasteiger partial charge is 0.345 e. The van der Waals surface area contributed by atoms with E-state index in [1.807, 2.05) is 28.6 Å². The van der Waals surface area contributed by atoms with Crippen molar-refractivity contribution in [1.29, 1.82) is 0 Å². The van der Waals surface area contributed by atoms with Gasteiger partial charge in [0.2, 0.25) is 0 Å². The average molecular weight is 527 g/mol. The lowest BCUT2D eigenvalue weighted by atomic mass is 9.74. The lowest BCUT2D eigenvalue weighted by molar-refractivity contribution is -0.141. The van der Waals surface area contributed by atoms with E-state index in [2.05, 4.69) is 25.5 Å². The van der Waals surface area contributed by atoms with Crippen LogP contribution in [0.3, 0.4) is 0 Å². The van der Waals surface area contributed by atoms with Gasteiger partial charge in [-0.15, -0.1) is 0 Å². The van der Waals surface area contributed by atoms with E-state index < -0.39 is 11.9 Å². The molecule has 0 bridgehead atoms. The van der Waals surface area contributed by atoms with E-state index in [1.54, 1.807) is 32.4 Å². The van der Waals surface area contributed by atoms with Crippen LogP contribution in [0.5, 0.6) is 0 Å². The van der Waals surface area contributed by atoms with Crippen molar-refractivity contribution >= 4 is 17.1 Å². The van der Waals surface area contributed by atoms with Gasteiger partial charge in [0.25, 0.3) is 0 Å². The second-order valence-corrected chi connectivity index (χ2v) is 10.3. The molecule has 9 nitrogen and oxygen atoms in total. The van der Waals surface area contributed by atoms with Crippen LogP contribution in [-0.2, 0) is 18.1 Å². The van der Waals surface area contributed by atoms with Gasteiger partial charge in [0.15, 0.2) is 5.69 Å². The Balaban J connectivity index is 1.51. The molecule has 4 aromatic heterocycles. The van der Waals surface area contributed by atoms with E-state index in [4.69, 9.17) is 0 Å². The number of fused-ring (bicyclic) bond motifs is 3. The molecule has 2 aliphatic rings. The minimum atomic E-state index is -4.56. The van der Waals surface area contributed by atoms with Gasteiger partial charge >= 0.3 is 12.2 Å². The summed E-state index contributed by atoms with van der Waals surface area (Å²) < 4.78 is 44.1. The van der Waals surface area contributed by atoms with Crippen LogP contribution in [0.2, 0.25) is 0 Å². The fourth-order valence-electron chi connectivity index (χ4n) is 6.26. The molecule has 0 aromatic carbocycles. The number of amides is 2. The molecule has 12 heteroatoms. The van der Waals surface area contributed by atoms with Crippen molar-refractivity contribution in [2.75, 3.05) is 13.1 Å². The molecule has 1 spiro atoms. The van der Waals surface area contributed by atoms with E-state index >= 15 is 0 Å². The second-order valence-electron chi connectivity index (χ2n) is 10.3. The van der Waals surface area contributed by atoms with Gasteiger partial charge in [0.1, 0.15) is 5.65 Å². The summed E-state index contributed by atoms with van der Waals surface area (Å²) in [5.41, 5.74) is 2.17. The molecule has 38 heavy (non-hydrogen) atoms. The predicted molar refractivity (Wildman–Crippen MR) is 134 cm³/mol. The third kappa shape index (κ3) is 3.60. The average Bonchev–Trinajstić information content (AvgIpc) is 3.67. The number of carbonyl (C=O) groups is 1. The van der Waals surface area contributed by atoms with Crippen molar-refractivity contribution < 1.29 is 18.0 Å². The van der Waals surface area contributed by atoms with Crippen molar-refractivity contribution in [1.82, 2.24) is 39.7 Å². The predicted octanol–water partition coefficient (Wildman–Crippen LogP) is 5.04. The number of nitrogens with one attached hydrogen (secondary N) is 2. The summed E-state index contributed by atoms with van der Waals surface area (Å²) in [6.07, 6.45) is 2.30. The maximum absolute atomic E-state index is 13.6. The van der Waals surface area contributed by atoms with Crippen LogP contribution in [-0.4, -0.2) is 53.5 Å². The number of urea groups is 1. The Bertz CT molecular complexity index is 1520. The first kappa shape index (κ1) is 24.5. The summed E-state index contributed by atoms with van der Waals surface area (Å²) in [5.74, 6) is 0. The van der Waals surface area contributed by atoms with E-state index in [9.17, 15) is 18.0 Å². The number of aryl methyl sites for hydroxylation is 1. The van der Waals surface area contributed by atoms with Crippen molar-refractivity contribution in [3.8, 4) is 11.3 Å². The fourth-order valence-corrected chi connectivity index (χ4v) is 6.26. The third-order valence-electron chi connectivity index (χ3n) is 7.88. The summed E-state index contributed by atoms with van der Waals surface area (Å²) in [4.78, 5) is 22.8. The topological polar surface area (TPSA) is 96.7 Å². The molecule has 4 aromatic rings. The molecule has 200 valence electrons. The van der Waals surface area contributed by atoms with Crippen molar-refractivity contribution in [3.05, 3.63) is 53.7 Å². The van der Waals surface area contributed by atoms with Crippen LogP contribution in [0, 0.1) is 0 Å². The number of H-pyrrole nitrogens is 1. The molecule has 0 saturated carbocycles. The fraction of sp³-hybridized carbons (Fsp3) is 0.462. The first-order chi connectivity index (χ1) is 18.1. The Hall–Kier alpha value is -3.83. The largest absolute Gasteiger partial charge is 0.435 e. The summed E-state index contributed by atoms with van der Waals surface area (Å²) in [6.45, 7) is 7.33. The summed E-state index contributed by atoms with van der Waals surface area (Å²) in [5, 5.41) is 12.0.